The molecule has 0 amide bonds. The van der Waals surface area contributed by atoms with Crippen molar-refractivity contribution in [3.63, 3.8) is 0 Å². The van der Waals surface area contributed by atoms with Crippen LogP contribution in [0.4, 0.5) is 0 Å². The summed E-state index contributed by atoms with van der Waals surface area (Å²) in [5.74, 6) is 3.76. The molecular formula is C23H21ClN4O3S2. The van der Waals surface area contributed by atoms with Crippen molar-refractivity contribution in [2.45, 2.75) is 30.9 Å². The van der Waals surface area contributed by atoms with Crippen molar-refractivity contribution in [2.24, 2.45) is 7.05 Å². The minimum Gasteiger partial charge on any atom is -0.482 e. The quantitative estimate of drug-likeness (QED) is 0.285. The molecule has 1 unspecified atom stereocenters. The maximum absolute atomic E-state index is 6.11. The van der Waals surface area contributed by atoms with Crippen LogP contribution >= 0.6 is 34.7 Å². The summed E-state index contributed by atoms with van der Waals surface area (Å²) in [4.78, 5) is 4.77. The number of thiazole rings is 1. The molecular weight excluding hydrogens is 480 g/mol. The van der Waals surface area contributed by atoms with Crippen molar-refractivity contribution in [2.75, 3.05) is 6.79 Å². The van der Waals surface area contributed by atoms with Crippen LogP contribution in [0.5, 0.6) is 17.2 Å². The third-order valence-electron chi connectivity index (χ3n) is 5.19. The average Bonchev–Trinajstić information content (AvgIpc) is 3.53. The molecule has 0 N–H and O–H groups in total. The second kappa shape index (κ2) is 9.24. The van der Waals surface area contributed by atoms with Gasteiger partial charge in [-0.05, 0) is 55.8 Å². The highest BCUT2D eigenvalue weighted by Gasteiger charge is 2.19. The van der Waals surface area contributed by atoms with Crippen LogP contribution in [0.3, 0.4) is 0 Å². The van der Waals surface area contributed by atoms with Gasteiger partial charge >= 0.3 is 0 Å². The highest BCUT2D eigenvalue weighted by molar-refractivity contribution is 7.98. The molecule has 10 heteroatoms. The molecule has 0 aliphatic carbocycles. The van der Waals surface area contributed by atoms with Gasteiger partial charge in [0.05, 0.1) is 5.69 Å². The summed E-state index contributed by atoms with van der Waals surface area (Å²) < 4.78 is 18.9. The van der Waals surface area contributed by atoms with E-state index in [1.807, 2.05) is 61.9 Å². The highest BCUT2D eigenvalue weighted by Crippen LogP contribution is 2.37. The first-order valence-electron chi connectivity index (χ1n) is 10.3. The summed E-state index contributed by atoms with van der Waals surface area (Å²) in [6, 6.07) is 11.5. The maximum atomic E-state index is 6.11. The van der Waals surface area contributed by atoms with Gasteiger partial charge < -0.3 is 18.8 Å². The van der Waals surface area contributed by atoms with Crippen LogP contribution in [0.25, 0.3) is 10.6 Å². The molecule has 0 fully saturated rings. The number of nitrogens with zero attached hydrogens (tertiary/aromatic N) is 4. The summed E-state index contributed by atoms with van der Waals surface area (Å²) in [6.45, 7) is 4.20. The van der Waals surface area contributed by atoms with E-state index in [2.05, 4.69) is 15.6 Å². The van der Waals surface area contributed by atoms with E-state index in [1.165, 1.54) is 0 Å². The Morgan fingerprint density at radius 3 is 2.88 bits per heavy atom. The SMILES string of the molecule is Cc1cc(Cl)ccc1OC(C)c1nnc(SCc2csc(-c3ccc4c(c3)OCO4)n2)n1C. The highest BCUT2D eigenvalue weighted by atomic mass is 35.5. The van der Waals surface area contributed by atoms with Gasteiger partial charge in [0.15, 0.2) is 28.6 Å². The summed E-state index contributed by atoms with van der Waals surface area (Å²) >= 11 is 9.25. The Morgan fingerprint density at radius 1 is 1.18 bits per heavy atom. The van der Waals surface area contributed by atoms with Crippen molar-refractivity contribution in [1.29, 1.82) is 0 Å². The minimum absolute atomic E-state index is 0.256. The fourth-order valence-corrected chi connectivity index (χ4v) is 5.43. The third-order valence-corrected chi connectivity index (χ3v) is 7.42. The van der Waals surface area contributed by atoms with Gasteiger partial charge in [0.25, 0.3) is 0 Å². The van der Waals surface area contributed by atoms with Gasteiger partial charge in [-0.2, -0.15) is 0 Å². The molecule has 3 heterocycles. The van der Waals surface area contributed by atoms with Crippen molar-refractivity contribution in [3.8, 4) is 27.8 Å². The fraction of sp³-hybridized carbons (Fsp3) is 0.261. The van der Waals surface area contributed by atoms with Crippen LogP contribution in [0, 0.1) is 6.92 Å². The molecule has 5 rings (SSSR count). The topological polar surface area (TPSA) is 71.3 Å². The summed E-state index contributed by atoms with van der Waals surface area (Å²) in [5, 5.41) is 13.2. The Morgan fingerprint density at radius 2 is 2.03 bits per heavy atom. The minimum atomic E-state index is -0.256. The Labute approximate surface area is 204 Å². The lowest BCUT2D eigenvalue weighted by Crippen LogP contribution is -2.10. The normalized spacial score (nSPS) is 13.3. The molecule has 1 aliphatic rings. The molecule has 0 radical (unpaired) electrons. The van der Waals surface area contributed by atoms with E-state index in [0.29, 0.717) is 10.8 Å². The first-order chi connectivity index (χ1) is 16.0. The second-order valence-electron chi connectivity index (χ2n) is 7.57. The molecule has 1 aliphatic heterocycles. The molecule has 2 aromatic carbocycles. The van der Waals surface area contributed by atoms with Crippen LogP contribution in [-0.4, -0.2) is 26.5 Å². The number of hydrogen-bond donors (Lipinski definition) is 0. The molecule has 33 heavy (non-hydrogen) atoms. The number of aryl methyl sites for hydroxylation is 1. The van der Waals surface area contributed by atoms with Crippen molar-refractivity contribution in [3.05, 3.63) is 63.9 Å². The predicted molar refractivity (Wildman–Crippen MR) is 129 cm³/mol. The van der Waals surface area contributed by atoms with Gasteiger partial charge in [-0.1, -0.05) is 23.4 Å². The number of thioether (sulfide) groups is 1. The third kappa shape index (κ3) is 4.66. The Balaban J connectivity index is 1.24. The number of rotatable bonds is 7. The predicted octanol–water partition coefficient (Wildman–Crippen LogP) is 6.06. The summed E-state index contributed by atoms with van der Waals surface area (Å²) in [6.07, 6.45) is -0.256. The summed E-state index contributed by atoms with van der Waals surface area (Å²) in [5.41, 5.74) is 2.99. The molecule has 7 nitrogen and oxygen atoms in total. The molecule has 0 saturated heterocycles. The van der Waals surface area contributed by atoms with E-state index >= 15 is 0 Å². The van der Waals surface area contributed by atoms with Crippen LogP contribution in [0.15, 0.2) is 46.9 Å². The van der Waals surface area contributed by atoms with E-state index < -0.39 is 0 Å². The van der Waals surface area contributed by atoms with Gasteiger partial charge in [0.2, 0.25) is 6.79 Å². The van der Waals surface area contributed by atoms with Gasteiger partial charge in [0.1, 0.15) is 10.8 Å². The first-order valence-corrected chi connectivity index (χ1v) is 12.5. The van der Waals surface area contributed by atoms with Crippen LogP contribution in [0.2, 0.25) is 5.02 Å². The van der Waals surface area contributed by atoms with E-state index in [-0.39, 0.29) is 12.9 Å². The van der Waals surface area contributed by atoms with Crippen molar-refractivity contribution >= 4 is 34.7 Å². The van der Waals surface area contributed by atoms with Gasteiger partial charge in [-0.3, -0.25) is 0 Å². The molecule has 170 valence electrons. The monoisotopic (exact) mass is 500 g/mol. The number of halogens is 1. The largest absolute Gasteiger partial charge is 0.482 e. The Bertz CT molecular complexity index is 1310. The van der Waals surface area contributed by atoms with E-state index in [1.54, 1.807) is 23.1 Å². The molecule has 2 aromatic heterocycles. The lowest BCUT2D eigenvalue weighted by molar-refractivity contribution is 0.174. The molecule has 0 bridgehead atoms. The number of benzene rings is 2. The lowest BCUT2D eigenvalue weighted by Gasteiger charge is -2.16. The fourth-order valence-electron chi connectivity index (χ4n) is 3.47. The van der Waals surface area contributed by atoms with Crippen molar-refractivity contribution in [1.82, 2.24) is 19.7 Å². The maximum Gasteiger partial charge on any atom is 0.231 e. The zero-order valence-electron chi connectivity index (χ0n) is 18.2. The number of ether oxygens (including phenoxy) is 3. The smallest absolute Gasteiger partial charge is 0.231 e. The number of fused-ring (bicyclic) bond motifs is 1. The molecule has 4 aromatic rings. The van der Waals surface area contributed by atoms with E-state index in [9.17, 15) is 0 Å². The lowest BCUT2D eigenvalue weighted by atomic mass is 10.2. The van der Waals surface area contributed by atoms with Crippen LogP contribution < -0.4 is 14.2 Å². The number of hydrogen-bond acceptors (Lipinski definition) is 8. The van der Waals surface area contributed by atoms with E-state index in [4.69, 9.17) is 30.8 Å². The van der Waals surface area contributed by atoms with Gasteiger partial charge in [-0.15, -0.1) is 21.5 Å². The van der Waals surface area contributed by atoms with E-state index in [0.717, 1.165) is 50.1 Å². The average molecular weight is 501 g/mol. The zero-order valence-corrected chi connectivity index (χ0v) is 20.6. The first kappa shape index (κ1) is 22.1. The number of aromatic nitrogens is 4. The van der Waals surface area contributed by atoms with Gasteiger partial charge in [-0.25, -0.2) is 4.98 Å². The van der Waals surface area contributed by atoms with Crippen LogP contribution in [0.1, 0.15) is 30.1 Å². The molecule has 1 atom stereocenters. The standard InChI is InChI=1S/C23H21ClN4O3S2/c1-13-8-16(24)5-7-18(13)31-14(2)21-26-27-23(28(21)3)33-11-17-10-32-22(25-17)15-4-6-19-20(9-15)30-12-29-19/h4-10,14H,11-12H2,1-3H3. The van der Waals surface area contributed by atoms with Crippen LogP contribution in [-0.2, 0) is 12.8 Å². The zero-order chi connectivity index (χ0) is 22.9. The summed E-state index contributed by atoms with van der Waals surface area (Å²) in [7, 11) is 1.95. The van der Waals surface area contributed by atoms with Crippen molar-refractivity contribution < 1.29 is 14.2 Å². The molecule has 0 spiro atoms. The Kier molecular flexibility index (Phi) is 6.18. The second-order valence-corrected chi connectivity index (χ2v) is 9.81. The van der Waals surface area contributed by atoms with Gasteiger partial charge in [0, 0.05) is 28.8 Å². The molecule has 0 saturated carbocycles. The Hall–Kier alpha value is -2.75.